The first-order chi connectivity index (χ1) is 15.4. The van der Waals surface area contributed by atoms with Crippen LogP contribution in [0, 0.1) is 20.8 Å². The standard InChI is InChI=1S/C26H27NO5/c1-15-19(10-11-22(28)27-12-13-30-4)26(29)32-24-16(2)25-21(14-20(15)24)23(17(3)31-25)18-8-6-5-7-9-18/h5-9,14H,10-13H2,1-4H3,(H,27,28). The van der Waals surface area contributed by atoms with E-state index in [1.165, 1.54) is 0 Å². The lowest BCUT2D eigenvalue weighted by Gasteiger charge is -2.10. The van der Waals surface area contributed by atoms with E-state index in [-0.39, 0.29) is 12.3 Å². The highest BCUT2D eigenvalue weighted by atomic mass is 16.5. The largest absolute Gasteiger partial charge is 0.460 e. The molecule has 2 aromatic carbocycles. The van der Waals surface area contributed by atoms with Crippen molar-refractivity contribution in [1.82, 2.24) is 5.32 Å². The summed E-state index contributed by atoms with van der Waals surface area (Å²) in [4.78, 5) is 24.9. The highest BCUT2D eigenvalue weighted by molar-refractivity contribution is 6.05. The van der Waals surface area contributed by atoms with Gasteiger partial charge in [-0.15, -0.1) is 0 Å². The number of hydrogen-bond donors (Lipinski definition) is 1. The molecule has 166 valence electrons. The second-order valence-corrected chi connectivity index (χ2v) is 7.99. The van der Waals surface area contributed by atoms with E-state index in [9.17, 15) is 9.59 Å². The van der Waals surface area contributed by atoms with Gasteiger partial charge >= 0.3 is 5.63 Å². The molecule has 0 radical (unpaired) electrons. The van der Waals surface area contributed by atoms with Gasteiger partial charge in [0.1, 0.15) is 16.9 Å². The maximum absolute atomic E-state index is 12.8. The molecular formula is C26H27NO5. The van der Waals surface area contributed by atoms with E-state index in [0.29, 0.717) is 30.7 Å². The third kappa shape index (κ3) is 3.94. The smallest absolute Gasteiger partial charge is 0.339 e. The van der Waals surface area contributed by atoms with Crippen molar-refractivity contribution in [2.24, 2.45) is 0 Å². The molecule has 0 aliphatic carbocycles. The molecule has 1 amide bonds. The summed E-state index contributed by atoms with van der Waals surface area (Å²) in [7, 11) is 1.58. The molecule has 0 saturated carbocycles. The third-order valence-electron chi connectivity index (χ3n) is 5.93. The number of ether oxygens (including phenoxy) is 1. The number of rotatable bonds is 7. The summed E-state index contributed by atoms with van der Waals surface area (Å²) in [6.45, 7) is 6.67. The number of fused-ring (bicyclic) bond motifs is 2. The fourth-order valence-corrected chi connectivity index (χ4v) is 4.25. The van der Waals surface area contributed by atoms with Gasteiger partial charge in [-0.25, -0.2) is 4.79 Å². The van der Waals surface area contributed by atoms with Gasteiger partial charge in [0.25, 0.3) is 0 Å². The van der Waals surface area contributed by atoms with Crippen molar-refractivity contribution in [3.63, 3.8) is 0 Å². The van der Waals surface area contributed by atoms with E-state index in [1.54, 1.807) is 7.11 Å². The fraction of sp³-hybridized carbons (Fsp3) is 0.308. The topological polar surface area (TPSA) is 81.7 Å². The fourth-order valence-electron chi connectivity index (χ4n) is 4.25. The zero-order valence-electron chi connectivity index (χ0n) is 18.8. The van der Waals surface area contributed by atoms with Crippen molar-refractivity contribution in [3.8, 4) is 11.1 Å². The van der Waals surface area contributed by atoms with Gasteiger partial charge in [0, 0.05) is 47.5 Å². The minimum absolute atomic E-state index is 0.121. The Bertz CT molecular complexity index is 1350. The van der Waals surface area contributed by atoms with Crippen molar-refractivity contribution in [2.75, 3.05) is 20.3 Å². The number of furan rings is 1. The van der Waals surface area contributed by atoms with E-state index in [0.717, 1.165) is 44.4 Å². The molecule has 2 heterocycles. The summed E-state index contributed by atoms with van der Waals surface area (Å²) in [5, 5.41) is 4.63. The Morgan fingerprint density at radius 3 is 2.44 bits per heavy atom. The Kier molecular flexibility index (Phi) is 6.15. The second-order valence-electron chi connectivity index (χ2n) is 7.99. The van der Waals surface area contributed by atoms with Gasteiger partial charge in [-0.05, 0) is 44.4 Å². The average Bonchev–Trinajstić information content (AvgIpc) is 3.11. The monoisotopic (exact) mass is 433 g/mol. The molecule has 6 nitrogen and oxygen atoms in total. The van der Waals surface area contributed by atoms with Crippen LogP contribution in [0.25, 0.3) is 33.1 Å². The highest BCUT2D eigenvalue weighted by Crippen LogP contribution is 2.39. The Hall–Kier alpha value is -3.38. The van der Waals surface area contributed by atoms with E-state index < -0.39 is 5.63 Å². The van der Waals surface area contributed by atoms with Crippen LogP contribution in [0.15, 0.2) is 50.0 Å². The van der Waals surface area contributed by atoms with E-state index >= 15 is 0 Å². The van der Waals surface area contributed by atoms with Crippen molar-refractivity contribution >= 4 is 27.8 Å². The summed E-state index contributed by atoms with van der Waals surface area (Å²) in [6, 6.07) is 12.1. The second kappa shape index (κ2) is 9.01. The predicted molar refractivity (Wildman–Crippen MR) is 125 cm³/mol. The Morgan fingerprint density at radius 1 is 1.00 bits per heavy atom. The van der Waals surface area contributed by atoms with Crippen molar-refractivity contribution in [1.29, 1.82) is 0 Å². The number of benzene rings is 2. The summed E-state index contributed by atoms with van der Waals surface area (Å²) >= 11 is 0. The van der Waals surface area contributed by atoms with Crippen LogP contribution in [-0.2, 0) is 16.0 Å². The van der Waals surface area contributed by atoms with Crippen LogP contribution in [0.1, 0.15) is 28.9 Å². The first-order valence-electron chi connectivity index (χ1n) is 10.7. The molecule has 0 atom stereocenters. The summed E-state index contributed by atoms with van der Waals surface area (Å²) in [5.41, 5.74) is 5.12. The average molecular weight is 434 g/mol. The molecule has 0 spiro atoms. The van der Waals surface area contributed by atoms with Crippen molar-refractivity contribution in [2.45, 2.75) is 33.6 Å². The third-order valence-corrected chi connectivity index (χ3v) is 5.93. The van der Waals surface area contributed by atoms with E-state index in [4.69, 9.17) is 13.6 Å². The number of nitrogens with one attached hydrogen (secondary N) is 1. The number of aryl methyl sites for hydroxylation is 3. The van der Waals surface area contributed by atoms with Crippen LogP contribution < -0.4 is 10.9 Å². The Morgan fingerprint density at radius 2 is 1.72 bits per heavy atom. The zero-order valence-corrected chi connectivity index (χ0v) is 18.8. The molecule has 1 N–H and O–H groups in total. The molecule has 6 heteroatoms. The van der Waals surface area contributed by atoms with Gasteiger partial charge < -0.3 is 18.9 Å². The first-order valence-corrected chi connectivity index (χ1v) is 10.7. The molecule has 0 unspecified atom stereocenters. The molecule has 0 saturated heterocycles. The summed E-state index contributed by atoms with van der Waals surface area (Å²) in [6.07, 6.45) is 0.526. The lowest BCUT2D eigenvalue weighted by molar-refractivity contribution is -0.121. The Labute approximate surface area is 186 Å². The van der Waals surface area contributed by atoms with Gasteiger partial charge in [0.15, 0.2) is 0 Å². The van der Waals surface area contributed by atoms with Crippen LogP contribution in [0.5, 0.6) is 0 Å². The lowest BCUT2D eigenvalue weighted by atomic mass is 9.96. The van der Waals surface area contributed by atoms with Gasteiger partial charge in [0.05, 0.1) is 6.61 Å². The molecule has 0 aliphatic heterocycles. The predicted octanol–water partition coefficient (Wildman–Crippen LogP) is 4.83. The minimum atomic E-state index is -0.409. The molecule has 2 aromatic heterocycles. The summed E-state index contributed by atoms with van der Waals surface area (Å²) < 4.78 is 16.8. The normalized spacial score (nSPS) is 11.4. The summed E-state index contributed by atoms with van der Waals surface area (Å²) in [5.74, 6) is 0.696. The maximum atomic E-state index is 12.8. The number of carbonyl (C=O) groups is 1. The van der Waals surface area contributed by atoms with Gasteiger partial charge in [-0.3, -0.25) is 4.79 Å². The number of amides is 1. The SMILES string of the molecule is COCCNC(=O)CCc1c(C)c2cc3c(-c4ccccc4)c(C)oc3c(C)c2oc1=O. The van der Waals surface area contributed by atoms with Crippen LogP contribution >= 0.6 is 0 Å². The van der Waals surface area contributed by atoms with Gasteiger partial charge in [-0.2, -0.15) is 0 Å². The van der Waals surface area contributed by atoms with Crippen LogP contribution in [0.2, 0.25) is 0 Å². The van der Waals surface area contributed by atoms with Crippen LogP contribution in [-0.4, -0.2) is 26.2 Å². The number of hydrogen-bond acceptors (Lipinski definition) is 5. The lowest BCUT2D eigenvalue weighted by Crippen LogP contribution is -2.27. The van der Waals surface area contributed by atoms with Crippen molar-refractivity contribution in [3.05, 3.63) is 69.3 Å². The maximum Gasteiger partial charge on any atom is 0.339 e. The molecule has 32 heavy (non-hydrogen) atoms. The number of methoxy groups -OCH3 is 1. The molecule has 0 aliphatic rings. The highest BCUT2D eigenvalue weighted by Gasteiger charge is 2.21. The molecule has 4 rings (SSSR count). The number of carbonyl (C=O) groups excluding carboxylic acids is 1. The molecular weight excluding hydrogens is 406 g/mol. The van der Waals surface area contributed by atoms with Gasteiger partial charge in [0.2, 0.25) is 5.91 Å². The van der Waals surface area contributed by atoms with Crippen molar-refractivity contribution < 1.29 is 18.4 Å². The Balaban J connectivity index is 1.80. The molecule has 0 bridgehead atoms. The minimum Gasteiger partial charge on any atom is -0.460 e. The van der Waals surface area contributed by atoms with Gasteiger partial charge in [-0.1, -0.05) is 30.3 Å². The van der Waals surface area contributed by atoms with Crippen LogP contribution in [0.3, 0.4) is 0 Å². The quantitative estimate of drug-likeness (QED) is 0.334. The van der Waals surface area contributed by atoms with Crippen LogP contribution in [0.4, 0.5) is 0 Å². The van der Waals surface area contributed by atoms with E-state index in [1.807, 2.05) is 45.0 Å². The molecule has 4 aromatic rings. The molecule has 0 fully saturated rings. The zero-order chi connectivity index (χ0) is 22.8. The first kappa shape index (κ1) is 21.8. The van der Waals surface area contributed by atoms with E-state index in [2.05, 4.69) is 17.4 Å².